The highest BCUT2D eigenvalue weighted by atomic mass is 32.2. The van der Waals surface area contributed by atoms with Gasteiger partial charge in [0.1, 0.15) is 0 Å². The summed E-state index contributed by atoms with van der Waals surface area (Å²) < 4.78 is 23.0. The summed E-state index contributed by atoms with van der Waals surface area (Å²) in [7, 11) is -3.20. The predicted molar refractivity (Wildman–Crippen MR) is 88.6 cm³/mol. The molecule has 1 aliphatic heterocycles. The molecule has 4 nitrogen and oxygen atoms in total. The van der Waals surface area contributed by atoms with Gasteiger partial charge in [-0.2, -0.15) is 0 Å². The number of likely N-dealkylation sites (tertiary alicyclic amines) is 1. The zero-order valence-electron chi connectivity index (χ0n) is 13.7. The number of nitrogens with zero attached hydrogens (tertiary/aromatic N) is 1. The van der Waals surface area contributed by atoms with E-state index in [9.17, 15) is 13.5 Å². The van der Waals surface area contributed by atoms with E-state index in [2.05, 4.69) is 11.8 Å². The maximum Gasteiger partial charge on any atom is 0.175 e. The van der Waals surface area contributed by atoms with Gasteiger partial charge in [0.05, 0.1) is 10.5 Å². The molecule has 5 heteroatoms. The van der Waals surface area contributed by atoms with Crippen molar-refractivity contribution in [3.63, 3.8) is 0 Å². The van der Waals surface area contributed by atoms with E-state index in [-0.39, 0.29) is 4.90 Å². The topological polar surface area (TPSA) is 57.6 Å². The zero-order chi connectivity index (χ0) is 16.4. The first kappa shape index (κ1) is 17.4. The van der Waals surface area contributed by atoms with Gasteiger partial charge in [0.15, 0.2) is 9.84 Å². The molecule has 1 aromatic rings. The van der Waals surface area contributed by atoms with Gasteiger partial charge >= 0.3 is 0 Å². The van der Waals surface area contributed by atoms with E-state index in [4.69, 9.17) is 0 Å². The fourth-order valence-electron chi connectivity index (χ4n) is 3.22. The van der Waals surface area contributed by atoms with Crippen molar-refractivity contribution in [2.45, 2.75) is 43.6 Å². The van der Waals surface area contributed by atoms with Crippen molar-refractivity contribution in [3.05, 3.63) is 29.8 Å². The lowest BCUT2D eigenvalue weighted by Gasteiger charge is -2.37. The largest absolute Gasteiger partial charge is 0.384 e. The molecule has 1 aromatic carbocycles. The highest BCUT2D eigenvalue weighted by Crippen LogP contribution is 2.26. The molecular formula is C17H27NO3S. The van der Waals surface area contributed by atoms with Gasteiger partial charge in [-0.05, 0) is 49.9 Å². The molecule has 0 aromatic heterocycles. The first-order chi connectivity index (χ1) is 10.2. The molecule has 2 rings (SSSR count). The van der Waals surface area contributed by atoms with Crippen LogP contribution in [0, 0.1) is 5.92 Å². The number of aliphatic hydroxyl groups is 1. The van der Waals surface area contributed by atoms with E-state index < -0.39 is 15.4 Å². The Morgan fingerprint density at radius 1 is 1.32 bits per heavy atom. The summed E-state index contributed by atoms with van der Waals surface area (Å²) >= 11 is 0. The SMILES string of the molecule is CCC1CCCN(CC(C)(O)c2ccc(S(C)(=O)=O)cc2)C1. The summed E-state index contributed by atoms with van der Waals surface area (Å²) in [5, 5.41) is 10.8. The third-order valence-electron chi connectivity index (χ3n) is 4.62. The Morgan fingerprint density at radius 2 is 1.95 bits per heavy atom. The molecule has 0 radical (unpaired) electrons. The summed E-state index contributed by atoms with van der Waals surface area (Å²) in [4.78, 5) is 2.61. The minimum absolute atomic E-state index is 0.288. The molecule has 0 bridgehead atoms. The third-order valence-corrected chi connectivity index (χ3v) is 5.74. The fraction of sp³-hybridized carbons (Fsp3) is 0.647. The standard InChI is InChI=1S/C17H27NO3S/c1-4-14-6-5-11-18(12-14)13-17(2,19)15-7-9-16(10-8-15)22(3,20)21/h7-10,14,19H,4-6,11-13H2,1-3H3. The molecule has 1 heterocycles. The lowest BCUT2D eigenvalue weighted by atomic mass is 9.91. The first-order valence-electron chi connectivity index (χ1n) is 7.97. The molecule has 1 saturated heterocycles. The number of hydrogen-bond donors (Lipinski definition) is 1. The second-order valence-electron chi connectivity index (χ2n) is 6.72. The van der Waals surface area contributed by atoms with Crippen LogP contribution in [0.5, 0.6) is 0 Å². The van der Waals surface area contributed by atoms with Crippen LogP contribution in [0.4, 0.5) is 0 Å². The monoisotopic (exact) mass is 325 g/mol. The summed E-state index contributed by atoms with van der Waals surface area (Å²) in [5.74, 6) is 0.720. The van der Waals surface area contributed by atoms with Crippen LogP contribution in [0.3, 0.4) is 0 Å². The molecule has 124 valence electrons. The Hall–Kier alpha value is -0.910. The van der Waals surface area contributed by atoms with Crippen LogP contribution < -0.4 is 0 Å². The number of sulfone groups is 1. The third kappa shape index (κ3) is 4.31. The summed E-state index contributed by atoms with van der Waals surface area (Å²) in [6.45, 7) is 6.66. The number of piperidine rings is 1. The Balaban J connectivity index is 2.09. The maximum atomic E-state index is 11.5. The van der Waals surface area contributed by atoms with Crippen LogP contribution in [-0.4, -0.2) is 44.3 Å². The summed E-state index contributed by atoms with van der Waals surface area (Å²) in [6, 6.07) is 6.59. The number of β-amino-alcohol motifs (C(OH)–C–C–N with tert-alkyl or cyclic N) is 1. The second kappa shape index (κ2) is 6.69. The van der Waals surface area contributed by atoms with Crippen LogP contribution >= 0.6 is 0 Å². The molecule has 1 fully saturated rings. The average Bonchev–Trinajstić information content (AvgIpc) is 2.46. The molecule has 0 amide bonds. The smallest absolute Gasteiger partial charge is 0.175 e. The van der Waals surface area contributed by atoms with E-state index in [0.29, 0.717) is 6.54 Å². The number of rotatable bonds is 5. The van der Waals surface area contributed by atoms with E-state index in [1.54, 1.807) is 31.2 Å². The quantitative estimate of drug-likeness (QED) is 0.903. The number of benzene rings is 1. The van der Waals surface area contributed by atoms with Crippen molar-refractivity contribution in [2.24, 2.45) is 5.92 Å². The molecule has 2 atom stereocenters. The molecule has 0 spiro atoms. The van der Waals surface area contributed by atoms with Crippen LogP contribution in [0.15, 0.2) is 29.2 Å². The van der Waals surface area contributed by atoms with Gasteiger partial charge in [-0.3, -0.25) is 4.90 Å². The molecule has 2 unspecified atom stereocenters. The highest BCUT2D eigenvalue weighted by Gasteiger charge is 2.29. The van der Waals surface area contributed by atoms with Crippen molar-refractivity contribution < 1.29 is 13.5 Å². The molecular weight excluding hydrogens is 298 g/mol. The van der Waals surface area contributed by atoms with Crippen molar-refractivity contribution in [2.75, 3.05) is 25.9 Å². The minimum atomic E-state index is -3.20. The van der Waals surface area contributed by atoms with Gasteiger partial charge in [-0.25, -0.2) is 8.42 Å². The van der Waals surface area contributed by atoms with E-state index >= 15 is 0 Å². The molecule has 0 saturated carbocycles. The minimum Gasteiger partial charge on any atom is -0.384 e. The maximum absolute atomic E-state index is 11.5. The number of hydrogen-bond acceptors (Lipinski definition) is 4. The summed E-state index contributed by atoms with van der Waals surface area (Å²) in [5.41, 5.74) is -0.204. The fourth-order valence-corrected chi connectivity index (χ4v) is 3.85. The first-order valence-corrected chi connectivity index (χ1v) is 9.87. The van der Waals surface area contributed by atoms with Crippen molar-refractivity contribution in [1.29, 1.82) is 0 Å². The van der Waals surface area contributed by atoms with E-state index in [1.807, 2.05) is 0 Å². The van der Waals surface area contributed by atoms with Gasteiger partial charge in [-0.15, -0.1) is 0 Å². The van der Waals surface area contributed by atoms with Gasteiger partial charge in [0.25, 0.3) is 0 Å². The summed E-state index contributed by atoms with van der Waals surface area (Å²) in [6.07, 6.45) is 4.83. The van der Waals surface area contributed by atoms with Gasteiger partial charge in [-0.1, -0.05) is 25.5 Å². The van der Waals surface area contributed by atoms with Crippen LogP contribution in [0.2, 0.25) is 0 Å². The Kier molecular flexibility index (Phi) is 5.30. The Labute approximate surface area is 134 Å². The Bertz CT molecular complexity index is 593. The van der Waals surface area contributed by atoms with Gasteiger partial charge in [0.2, 0.25) is 0 Å². The van der Waals surface area contributed by atoms with Crippen LogP contribution in [0.1, 0.15) is 38.7 Å². The molecule has 22 heavy (non-hydrogen) atoms. The Morgan fingerprint density at radius 3 is 2.50 bits per heavy atom. The molecule has 0 aliphatic carbocycles. The normalized spacial score (nSPS) is 23.2. The zero-order valence-corrected chi connectivity index (χ0v) is 14.6. The predicted octanol–water partition coefficient (Wildman–Crippen LogP) is 2.42. The van der Waals surface area contributed by atoms with Gasteiger partial charge < -0.3 is 5.11 Å². The van der Waals surface area contributed by atoms with Crippen LogP contribution in [0.25, 0.3) is 0 Å². The van der Waals surface area contributed by atoms with E-state index in [0.717, 1.165) is 24.6 Å². The van der Waals surface area contributed by atoms with Crippen molar-refractivity contribution in [3.8, 4) is 0 Å². The lowest BCUT2D eigenvalue weighted by molar-refractivity contribution is 0.00290. The van der Waals surface area contributed by atoms with Crippen LogP contribution in [-0.2, 0) is 15.4 Å². The lowest BCUT2D eigenvalue weighted by Crippen LogP contribution is -2.43. The van der Waals surface area contributed by atoms with Gasteiger partial charge in [0, 0.05) is 19.3 Å². The average molecular weight is 325 g/mol. The van der Waals surface area contributed by atoms with Crippen molar-refractivity contribution >= 4 is 9.84 Å². The second-order valence-corrected chi connectivity index (χ2v) is 8.74. The van der Waals surface area contributed by atoms with E-state index in [1.165, 1.54) is 25.5 Å². The molecule has 1 N–H and O–H groups in total. The highest BCUT2D eigenvalue weighted by molar-refractivity contribution is 7.90. The molecule has 1 aliphatic rings. The van der Waals surface area contributed by atoms with Crippen molar-refractivity contribution in [1.82, 2.24) is 4.90 Å².